The summed E-state index contributed by atoms with van der Waals surface area (Å²) in [7, 11) is -2.51. The van der Waals surface area contributed by atoms with Crippen LogP contribution in [-0.4, -0.2) is 41.3 Å². The first-order valence-corrected chi connectivity index (χ1v) is 10.3. The summed E-state index contributed by atoms with van der Waals surface area (Å²) in [5.41, 5.74) is 0.982. The van der Waals surface area contributed by atoms with Crippen LogP contribution in [0.3, 0.4) is 0 Å². The van der Waals surface area contributed by atoms with Gasteiger partial charge in [0, 0.05) is 25.2 Å². The SMILES string of the molecule is COC(=O)c1cccc(S(=O)(=O)NCC2(c3ccccc3)CCOCC2)c1. The molecule has 27 heavy (non-hydrogen) atoms. The minimum atomic E-state index is -3.77. The molecule has 0 saturated carbocycles. The van der Waals surface area contributed by atoms with Crippen molar-refractivity contribution in [2.45, 2.75) is 23.2 Å². The first-order valence-electron chi connectivity index (χ1n) is 8.78. The minimum absolute atomic E-state index is 0.0423. The minimum Gasteiger partial charge on any atom is -0.465 e. The van der Waals surface area contributed by atoms with Gasteiger partial charge in [0.1, 0.15) is 0 Å². The van der Waals surface area contributed by atoms with E-state index in [1.807, 2.05) is 30.3 Å². The van der Waals surface area contributed by atoms with E-state index >= 15 is 0 Å². The van der Waals surface area contributed by atoms with E-state index in [2.05, 4.69) is 9.46 Å². The highest BCUT2D eigenvalue weighted by atomic mass is 32.2. The maximum atomic E-state index is 12.8. The van der Waals surface area contributed by atoms with E-state index in [1.54, 1.807) is 0 Å². The highest BCUT2D eigenvalue weighted by Crippen LogP contribution is 2.34. The Morgan fingerprint density at radius 2 is 1.81 bits per heavy atom. The third-order valence-corrected chi connectivity index (χ3v) is 6.40. The third-order valence-electron chi connectivity index (χ3n) is 5.00. The lowest BCUT2D eigenvalue weighted by molar-refractivity contribution is 0.0517. The molecule has 0 bridgehead atoms. The average molecular weight is 389 g/mol. The van der Waals surface area contributed by atoms with E-state index < -0.39 is 16.0 Å². The zero-order chi connectivity index (χ0) is 19.3. The maximum absolute atomic E-state index is 12.8. The third kappa shape index (κ3) is 4.37. The highest BCUT2D eigenvalue weighted by molar-refractivity contribution is 7.89. The fourth-order valence-corrected chi connectivity index (χ4v) is 4.52. The number of carbonyl (C=O) groups is 1. The lowest BCUT2D eigenvalue weighted by Crippen LogP contribution is -2.44. The Morgan fingerprint density at radius 3 is 2.48 bits per heavy atom. The quantitative estimate of drug-likeness (QED) is 0.768. The molecule has 0 aromatic heterocycles. The number of esters is 1. The van der Waals surface area contributed by atoms with Gasteiger partial charge in [-0.15, -0.1) is 0 Å². The molecule has 0 aliphatic carbocycles. The molecule has 1 aliphatic heterocycles. The van der Waals surface area contributed by atoms with Crippen LogP contribution in [-0.2, 0) is 24.9 Å². The Hall–Kier alpha value is -2.22. The number of sulfonamides is 1. The van der Waals surface area contributed by atoms with Gasteiger partial charge in [-0.2, -0.15) is 0 Å². The number of nitrogens with one attached hydrogen (secondary N) is 1. The standard InChI is InChI=1S/C20H23NO5S/c1-25-19(22)16-6-5-9-18(14-16)27(23,24)21-15-20(10-12-26-13-11-20)17-7-3-2-4-8-17/h2-9,14,21H,10-13,15H2,1H3. The lowest BCUT2D eigenvalue weighted by Gasteiger charge is -2.37. The number of hydrogen-bond donors (Lipinski definition) is 1. The maximum Gasteiger partial charge on any atom is 0.337 e. The number of ether oxygens (including phenoxy) is 2. The summed E-state index contributed by atoms with van der Waals surface area (Å²) >= 11 is 0. The van der Waals surface area contributed by atoms with E-state index in [9.17, 15) is 13.2 Å². The van der Waals surface area contributed by atoms with Crippen LogP contribution in [0.15, 0.2) is 59.5 Å². The van der Waals surface area contributed by atoms with E-state index in [4.69, 9.17) is 4.74 Å². The molecule has 1 saturated heterocycles. The zero-order valence-corrected chi connectivity index (χ0v) is 16.0. The summed E-state index contributed by atoms with van der Waals surface area (Å²) in [5.74, 6) is -0.572. The van der Waals surface area contributed by atoms with Crippen molar-refractivity contribution in [1.29, 1.82) is 0 Å². The molecule has 2 aromatic rings. The van der Waals surface area contributed by atoms with Crippen LogP contribution in [0.1, 0.15) is 28.8 Å². The Bertz CT molecular complexity index is 890. The summed E-state index contributed by atoms with van der Waals surface area (Å²) in [5, 5.41) is 0. The normalized spacial score (nSPS) is 16.6. The van der Waals surface area contributed by atoms with Gasteiger partial charge in [0.2, 0.25) is 10.0 Å². The Labute approximate surface area is 159 Å². The second-order valence-corrected chi connectivity index (χ2v) is 8.37. The number of benzene rings is 2. The largest absolute Gasteiger partial charge is 0.465 e. The number of methoxy groups -OCH3 is 1. The number of hydrogen-bond acceptors (Lipinski definition) is 5. The van der Waals surface area contributed by atoms with Crippen molar-refractivity contribution in [3.05, 3.63) is 65.7 Å². The van der Waals surface area contributed by atoms with Crippen LogP contribution in [0.25, 0.3) is 0 Å². The summed E-state index contributed by atoms with van der Waals surface area (Å²) < 4.78 is 38.5. The molecule has 0 radical (unpaired) electrons. The molecule has 3 rings (SSSR count). The van der Waals surface area contributed by atoms with Gasteiger partial charge in [-0.1, -0.05) is 36.4 Å². The van der Waals surface area contributed by atoms with E-state index in [1.165, 1.54) is 31.4 Å². The average Bonchev–Trinajstić information content (AvgIpc) is 2.73. The highest BCUT2D eigenvalue weighted by Gasteiger charge is 2.35. The van der Waals surface area contributed by atoms with Crippen LogP contribution in [0.2, 0.25) is 0 Å². The molecule has 2 aromatic carbocycles. The molecule has 0 amide bonds. The number of rotatable bonds is 6. The molecule has 6 nitrogen and oxygen atoms in total. The molecular weight excluding hydrogens is 366 g/mol. The van der Waals surface area contributed by atoms with Gasteiger partial charge in [0.15, 0.2) is 0 Å². The summed E-state index contributed by atoms with van der Waals surface area (Å²) in [6, 6.07) is 15.8. The van der Waals surface area contributed by atoms with Gasteiger partial charge in [-0.25, -0.2) is 17.9 Å². The van der Waals surface area contributed by atoms with Crippen molar-refractivity contribution < 1.29 is 22.7 Å². The van der Waals surface area contributed by atoms with Crippen molar-refractivity contribution in [3.8, 4) is 0 Å². The van der Waals surface area contributed by atoms with Crippen molar-refractivity contribution in [3.63, 3.8) is 0 Å². The van der Waals surface area contributed by atoms with Crippen molar-refractivity contribution in [1.82, 2.24) is 4.72 Å². The fraction of sp³-hybridized carbons (Fsp3) is 0.350. The van der Waals surface area contributed by atoms with Crippen molar-refractivity contribution in [2.24, 2.45) is 0 Å². The predicted octanol–water partition coefficient (Wildman–Crippen LogP) is 2.50. The number of carbonyl (C=O) groups excluding carboxylic acids is 1. The smallest absolute Gasteiger partial charge is 0.337 e. The van der Waals surface area contributed by atoms with E-state index in [-0.39, 0.29) is 22.4 Å². The molecule has 1 fully saturated rings. The molecular formula is C20H23NO5S. The van der Waals surface area contributed by atoms with Gasteiger partial charge in [0.25, 0.3) is 0 Å². The zero-order valence-electron chi connectivity index (χ0n) is 15.2. The van der Waals surface area contributed by atoms with Gasteiger partial charge in [0.05, 0.1) is 17.6 Å². The monoisotopic (exact) mass is 389 g/mol. The Balaban J connectivity index is 1.84. The van der Waals surface area contributed by atoms with Gasteiger partial charge < -0.3 is 9.47 Å². The predicted molar refractivity (Wildman–Crippen MR) is 101 cm³/mol. The van der Waals surface area contributed by atoms with Crippen LogP contribution in [0.4, 0.5) is 0 Å². The molecule has 1 heterocycles. The van der Waals surface area contributed by atoms with Gasteiger partial charge in [-0.05, 0) is 36.6 Å². The van der Waals surface area contributed by atoms with E-state index in [0.717, 1.165) is 18.4 Å². The first kappa shape index (κ1) is 19.5. The Kier molecular flexibility index (Phi) is 5.94. The van der Waals surface area contributed by atoms with Crippen LogP contribution >= 0.6 is 0 Å². The van der Waals surface area contributed by atoms with Crippen LogP contribution in [0, 0.1) is 0 Å². The van der Waals surface area contributed by atoms with Gasteiger partial charge >= 0.3 is 5.97 Å². The Morgan fingerprint density at radius 1 is 1.11 bits per heavy atom. The lowest BCUT2D eigenvalue weighted by atomic mass is 9.74. The van der Waals surface area contributed by atoms with E-state index in [0.29, 0.717) is 13.2 Å². The van der Waals surface area contributed by atoms with Gasteiger partial charge in [-0.3, -0.25) is 0 Å². The molecule has 144 valence electrons. The summed E-state index contributed by atoms with van der Waals surface area (Å²) in [6.07, 6.45) is 1.48. The van der Waals surface area contributed by atoms with Crippen LogP contribution in [0.5, 0.6) is 0 Å². The molecule has 1 aliphatic rings. The first-order chi connectivity index (χ1) is 13.0. The second-order valence-electron chi connectivity index (χ2n) is 6.60. The summed E-state index contributed by atoms with van der Waals surface area (Å²) in [6.45, 7) is 1.45. The molecule has 1 N–H and O–H groups in total. The fourth-order valence-electron chi connectivity index (χ4n) is 3.35. The summed E-state index contributed by atoms with van der Waals surface area (Å²) in [4.78, 5) is 11.7. The van der Waals surface area contributed by atoms with Crippen molar-refractivity contribution >= 4 is 16.0 Å². The second kappa shape index (κ2) is 8.21. The van der Waals surface area contributed by atoms with Crippen molar-refractivity contribution in [2.75, 3.05) is 26.9 Å². The molecule has 0 unspecified atom stereocenters. The van der Waals surface area contributed by atoms with Crippen LogP contribution < -0.4 is 4.72 Å². The topological polar surface area (TPSA) is 81.7 Å². The molecule has 0 spiro atoms. The molecule has 0 atom stereocenters. The molecule has 7 heteroatoms.